The Bertz CT molecular complexity index is 816. The van der Waals surface area contributed by atoms with Gasteiger partial charge < -0.3 is 10.1 Å². The first-order chi connectivity index (χ1) is 13.4. The van der Waals surface area contributed by atoms with Crippen LogP contribution in [0.1, 0.15) is 43.1 Å². The minimum absolute atomic E-state index is 0.138. The Morgan fingerprint density at radius 2 is 1.86 bits per heavy atom. The minimum atomic E-state index is -1.51. The van der Waals surface area contributed by atoms with Crippen LogP contribution in [0.5, 0.6) is 5.75 Å². The van der Waals surface area contributed by atoms with Crippen molar-refractivity contribution in [3.05, 3.63) is 59.7 Å². The molecule has 1 aromatic heterocycles. The summed E-state index contributed by atoms with van der Waals surface area (Å²) in [5, 5.41) is 2.58. The fourth-order valence-corrected chi connectivity index (χ4v) is 2.53. The topological polar surface area (TPSA) is 68.3 Å². The lowest BCUT2D eigenvalue weighted by molar-refractivity contribution is -0.123. The molecule has 2 rings (SSSR count). The third kappa shape index (κ3) is 5.80. The number of carbonyl (C=O) groups is 2. The predicted octanol–water partition coefficient (Wildman–Crippen LogP) is 3.83. The number of Topliss-reactive ketones (excluding diaryl/α,β-unsaturated/α-hetero) is 1. The van der Waals surface area contributed by atoms with Crippen LogP contribution >= 0.6 is 0 Å². The van der Waals surface area contributed by atoms with Crippen molar-refractivity contribution in [2.75, 3.05) is 6.61 Å². The lowest BCUT2D eigenvalue weighted by atomic mass is 10.0. The van der Waals surface area contributed by atoms with Gasteiger partial charge in [-0.1, -0.05) is 32.3 Å². The minimum Gasteiger partial charge on any atom is -0.480 e. The molecule has 0 saturated heterocycles. The molecule has 0 bridgehead atoms. The molecule has 1 amide bonds. The van der Waals surface area contributed by atoms with Crippen LogP contribution in [0.2, 0.25) is 0 Å². The van der Waals surface area contributed by atoms with Crippen LogP contribution in [0.3, 0.4) is 0 Å². The second kappa shape index (κ2) is 10.4. The molecule has 0 fully saturated rings. The Morgan fingerprint density at radius 3 is 2.54 bits per heavy atom. The standard InChI is InChI=1S/C20H21F3N2O3/c1-2-3-4-7-15(25-20(27)16-8-5-6-11-24-16)17(26)12-28-19-14(22)10-9-13(21)18(19)23/h5-6,8-11,15H,2-4,7,12H2,1H3,(H,25,27)/t15-/m0/s1. The van der Waals surface area contributed by atoms with Crippen molar-refractivity contribution in [1.82, 2.24) is 10.3 Å². The van der Waals surface area contributed by atoms with Crippen molar-refractivity contribution in [3.8, 4) is 5.75 Å². The molecule has 8 heteroatoms. The maximum Gasteiger partial charge on any atom is 0.270 e. The molecular weight excluding hydrogens is 373 g/mol. The van der Waals surface area contributed by atoms with E-state index in [-0.39, 0.29) is 5.69 Å². The van der Waals surface area contributed by atoms with E-state index in [1.54, 1.807) is 12.1 Å². The van der Waals surface area contributed by atoms with E-state index in [4.69, 9.17) is 4.74 Å². The second-order valence-corrected chi connectivity index (χ2v) is 6.16. The molecule has 0 saturated carbocycles. The molecule has 150 valence electrons. The maximum atomic E-state index is 13.7. The Balaban J connectivity index is 2.06. The van der Waals surface area contributed by atoms with E-state index in [0.717, 1.165) is 12.8 Å². The Kier molecular flexibility index (Phi) is 7.98. The zero-order valence-corrected chi connectivity index (χ0v) is 15.4. The van der Waals surface area contributed by atoms with Gasteiger partial charge in [0, 0.05) is 6.20 Å². The van der Waals surface area contributed by atoms with Crippen molar-refractivity contribution in [1.29, 1.82) is 0 Å². The monoisotopic (exact) mass is 394 g/mol. The number of carbonyl (C=O) groups excluding carboxylic acids is 2. The maximum absolute atomic E-state index is 13.7. The van der Waals surface area contributed by atoms with Crippen molar-refractivity contribution >= 4 is 11.7 Å². The largest absolute Gasteiger partial charge is 0.480 e. The molecule has 0 spiro atoms. The molecule has 0 unspecified atom stereocenters. The Labute approximate surface area is 160 Å². The molecule has 5 nitrogen and oxygen atoms in total. The van der Waals surface area contributed by atoms with E-state index in [2.05, 4.69) is 10.3 Å². The number of ketones is 1. The van der Waals surface area contributed by atoms with Crippen LogP contribution in [0, 0.1) is 17.5 Å². The third-order valence-electron chi connectivity index (χ3n) is 4.05. The fourth-order valence-electron chi connectivity index (χ4n) is 2.53. The molecular formula is C20H21F3N2O3. The van der Waals surface area contributed by atoms with Gasteiger partial charge in [0.05, 0.1) is 6.04 Å². The SMILES string of the molecule is CCCCC[C@H](NC(=O)c1ccccn1)C(=O)COc1c(F)ccc(F)c1F. The number of pyridine rings is 1. The molecule has 0 aliphatic heterocycles. The van der Waals surface area contributed by atoms with Gasteiger partial charge in [-0.15, -0.1) is 0 Å². The number of ether oxygens (including phenoxy) is 1. The number of amides is 1. The van der Waals surface area contributed by atoms with Gasteiger partial charge in [-0.2, -0.15) is 4.39 Å². The third-order valence-corrected chi connectivity index (χ3v) is 4.05. The summed E-state index contributed by atoms with van der Waals surface area (Å²) in [4.78, 5) is 28.7. The summed E-state index contributed by atoms with van der Waals surface area (Å²) >= 11 is 0. The lowest BCUT2D eigenvalue weighted by Gasteiger charge is -2.18. The summed E-state index contributed by atoms with van der Waals surface area (Å²) in [7, 11) is 0. The summed E-state index contributed by atoms with van der Waals surface area (Å²) in [5.41, 5.74) is 0.138. The van der Waals surface area contributed by atoms with Crippen molar-refractivity contribution in [2.45, 2.75) is 38.6 Å². The molecule has 1 aromatic carbocycles. The highest BCUT2D eigenvalue weighted by molar-refractivity contribution is 5.96. The highest BCUT2D eigenvalue weighted by atomic mass is 19.2. The molecule has 1 N–H and O–H groups in total. The average Bonchev–Trinajstić information content (AvgIpc) is 2.70. The average molecular weight is 394 g/mol. The number of nitrogens with one attached hydrogen (secondary N) is 1. The molecule has 1 heterocycles. The summed E-state index contributed by atoms with van der Waals surface area (Å²) in [6, 6.07) is 5.20. The zero-order chi connectivity index (χ0) is 20.5. The fraction of sp³-hybridized carbons (Fsp3) is 0.350. The molecule has 0 aliphatic rings. The van der Waals surface area contributed by atoms with Gasteiger partial charge in [0.25, 0.3) is 5.91 Å². The van der Waals surface area contributed by atoms with E-state index in [1.165, 1.54) is 12.3 Å². The number of hydrogen-bond acceptors (Lipinski definition) is 4. The van der Waals surface area contributed by atoms with Gasteiger partial charge >= 0.3 is 0 Å². The van der Waals surface area contributed by atoms with Crippen LogP contribution < -0.4 is 10.1 Å². The number of halogens is 3. The van der Waals surface area contributed by atoms with E-state index in [1.807, 2.05) is 6.92 Å². The van der Waals surface area contributed by atoms with Crippen LogP contribution in [0.25, 0.3) is 0 Å². The molecule has 0 aliphatic carbocycles. The van der Waals surface area contributed by atoms with E-state index in [0.29, 0.717) is 25.0 Å². The van der Waals surface area contributed by atoms with E-state index in [9.17, 15) is 22.8 Å². The number of hydrogen-bond donors (Lipinski definition) is 1. The number of rotatable bonds is 10. The van der Waals surface area contributed by atoms with Gasteiger partial charge in [-0.25, -0.2) is 8.78 Å². The van der Waals surface area contributed by atoms with Crippen LogP contribution in [0.4, 0.5) is 13.2 Å². The zero-order valence-electron chi connectivity index (χ0n) is 15.4. The van der Waals surface area contributed by atoms with Crippen molar-refractivity contribution in [3.63, 3.8) is 0 Å². The summed E-state index contributed by atoms with van der Waals surface area (Å²) in [5.74, 6) is -6.00. The van der Waals surface area contributed by atoms with Gasteiger partial charge in [-0.05, 0) is 30.7 Å². The smallest absolute Gasteiger partial charge is 0.270 e. The van der Waals surface area contributed by atoms with Gasteiger partial charge in [0.15, 0.2) is 23.2 Å². The van der Waals surface area contributed by atoms with Crippen LogP contribution in [0.15, 0.2) is 36.5 Å². The quantitative estimate of drug-likeness (QED) is 0.491. The van der Waals surface area contributed by atoms with Gasteiger partial charge in [0.1, 0.15) is 12.3 Å². The van der Waals surface area contributed by atoms with E-state index >= 15 is 0 Å². The lowest BCUT2D eigenvalue weighted by Crippen LogP contribution is -2.43. The molecule has 28 heavy (non-hydrogen) atoms. The highest BCUT2D eigenvalue weighted by Gasteiger charge is 2.24. The van der Waals surface area contributed by atoms with Gasteiger partial charge in [-0.3, -0.25) is 14.6 Å². The summed E-state index contributed by atoms with van der Waals surface area (Å²) in [6.07, 6.45) is 4.20. The number of benzene rings is 1. The second-order valence-electron chi connectivity index (χ2n) is 6.16. The Hall–Kier alpha value is -2.90. The van der Waals surface area contributed by atoms with Crippen LogP contribution in [-0.4, -0.2) is 29.3 Å². The highest BCUT2D eigenvalue weighted by Crippen LogP contribution is 2.23. The van der Waals surface area contributed by atoms with Gasteiger partial charge in [0.2, 0.25) is 5.82 Å². The Morgan fingerprint density at radius 1 is 1.11 bits per heavy atom. The first kappa shape index (κ1) is 21.4. The molecule has 1 atom stereocenters. The van der Waals surface area contributed by atoms with Crippen molar-refractivity contribution < 1.29 is 27.5 Å². The first-order valence-electron chi connectivity index (χ1n) is 8.95. The first-order valence-corrected chi connectivity index (χ1v) is 8.95. The molecule has 2 aromatic rings. The number of nitrogens with zero attached hydrogens (tertiary/aromatic N) is 1. The number of aromatic nitrogens is 1. The number of unbranched alkanes of at least 4 members (excludes halogenated alkanes) is 2. The molecule has 0 radical (unpaired) electrons. The van der Waals surface area contributed by atoms with E-state index < -0.39 is 47.5 Å². The predicted molar refractivity (Wildman–Crippen MR) is 96.5 cm³/mol. The summed E-state index contributed by atoms with van der Waals surface area (Å²) < 4.78 is 45.4. The normalized spacial score (nSPS) is 11.7. The van der Waals surface area contributed by atoms with Crippen LogP contribution in [-0.2, 0) is 4.79 Å². The van der Waals surface area contributed by atoms with Crippen molar-refractivity contribution in [2.24, 2.45) is 0 Å². The summed E-state index contributed by atoms with van der Waals surface area (Å²) in [6.45, 7) is 1.28.